The van der Waals surface area contributed by atoms with Crippen LogP contribution in [0.3, 0.4) is 0 Å². The van der Waals surface area contributed by atoms with E-state index in [-0.39, 0.29) is 0 Å². The topological polar surface area (TPSA) is 82.0 Å². The third-order valence-electron chi connectivity index (χ3n) is 0.385. The van der Waals surface area contributed by atoms with E-state index >= 15 is 0 Å². The van der Waals surface area contributed by atoms with Crippen LogP contribution in [0.5, 0.6) is 0 Å². The molecule has 0 aromatic heterocycles. The van der Waals surface area contributed by atoms with E-state index in [0.717, 1.165) is 6.92 Å². The highest BCUT2D eigenvalue weighted by Crippen LogP contribution is 1.92. The van der Waals surface area contributed by atoms with E-state index in [1.54, 1.807) is 0 Å². The van der Waals surface area contributed by atoms with Gasteiger partial charge in [0.15, 0.2) is 0 Å². The molecule has 0 spiro atoms. The van der Waals surface area contributed by atoms with Crippen molar-refractivity contribution in [3.05, 3.63) is 0 Å². The summed E-state index contributed by atoms with van der Waals surface area (Å²) in [4.78, 5) is 3.28. The first-order valence-electron chi connectivity index (χ1n) is 1.58. The first-order valence-corrected chi connectivity index (χ1v) is 1.58. The molecule has 7 heavy (non-hydrogen) atoms. The molecule has 0 fully saturated rings. The van der Waals surface area contributed by atoms with Gasteiger partial charge in [-0.1, -0.05) is 0 Å². The third kappa shape index (κ3) is 2.49. The molecule has 0 aromatic carbocycles. The lowest BCUT2D eigenvalue weighted by Crippen LogP contribution is -2.41. The van der Waals surface area contributed by atoms with Crippen LogP contribution in [0.2, 0.25) is 0 Å². The van der Waals surface area contributed by atoms with Gasteiger partial charge in [-0.15, -0.1) is 5.48 Å². The number of hydroxylamine groups is 1. The highest BCUT2D eigenvalue weighted by Gasteiger charge is 2.17. The van der Waals surface area contributed by atoms with Crippen molar-refractivity contribution in [3.63, 3.8) is 0 Å². The zero-order chi connectivity index (χ0) is 5.91. The molecule has 0 heterocycles. The Morgan fingerprint density at radius 3 is 2.14 bits per heavy atom. The Hall–Kier alpha value is -0.200. The van der Waals surface area contributed by atoms with Gasteiger partial charge in [-0.3, -0.25) is 0 Å². The smallest absolute Gasteiger partial charge is 0.273 e. The maximum absolute atomic E-state index is 8.30. The Morgan fingerprint density at radius 2 is 2.14 bits per heavy atom. The number of aliphatic hydroxyl groups is 1. The molecule has 0 radical (unpaired) electrons. The first-order chi connectivity index (χ1) is 3.12. The maximum atomic E-state index is 8.30. The van der Waals surface area contributed by atoms with E-state index in [1.165, 1.54) is 5.48 Å². The molecular formula is C2H7NO4. The zero-order valence-corrected chi connectivity index (χ0v) is 3.75. The maximum Gasteiger partial charge on any atom is 0.273 e. The number of rotatable bonds is 2. The average Bonchev–Trinajstić information content (AvgIpc) is 1.68. The summed E-state index contributed by atoms with van der Waals surface area (Å²) >= 11 is 0. The molecule has 0 amide bonds. The van der Waals surface area contributed by atoms with Gasteiger partial charge < -0.3 is 10.3 Å². The van der Waals surface area contributed by atoms with Gasteiger partial charge in [0.05, 0.1) is 0 Å². The van der Waals surface area contributed by atoms with Crippen LogP contribution < -0.4 is 5.48 Å². The van der Waals surface area contributed by atoms with E-state index in [2.05, 4.69) is 4.89 Å². The lowest BCUT2D eigenvalue weighted by molar-refractivity contribution is -0.416. The van der Waals surface area contributed by atoms with E-state index in [9.17, 15) is 0 Å². The van der Waals surface area contributed by atoms with Gasteiger partial charge in [-0.05, 0) is 0 Å². The second-order valence-electron chi connectivity index (χ2n) is 1.19. The minimum atomic E-state index is -2.06. The molecule has 5 heteroatoms. The molecule has 0 aliphatic rings. The van der Waals surface area contributed by atoms with Crippen LogP contribution in [-0.4, -0.2) is 21.5 Å². The van der Waals surface area contributed by atoms with Crippen LogP contribution in [0.4, 0.5) is 0 Å². The van der Waals surface area contributed by atoms with Crippen LogP contribution in [0.25, 0.3) is 0 Å². The Bertz CT molecular complexity index is 47.7. The Labute approximate surface area is 40.0 Å². The monoisotopic (exact) mass is 109 g/mol. The molecule has 0 aromatic rings. The molecule has 0 aliphatic carbocycles. The predicted octanol–water partition coefficient (Wildman–Crippen LogP) is -0.879. The van der Waals surface area contributed by atoms with E-state index in [1.807, 2.05) is 0 Å². The summed E-state index contributed by atoms with van der Waals surface area (Å²) in [5, 5.41) is 23.7. The minimum Gasteiger partial charge on any atom is -0.350 e. The normalized spacial score (nSPS) is 18.9. The molecule has 4 N–H and O–H groups in total. The van der Waals surface area contributed by atoms with Crippen molar-refractivity contribution in [3.8, 4) is 0 Å². The molecule has 0 rings (SSSR count). The highest BCUT2D eigenvalue weighted by molar-refractivity contribution is 4.39. The minimum absolute atomic E-state index is 1.02. The van der Waals surface area contributed by atoms with Crippen LogP contribution in [-0.2, 0) is 4.89 Å². The third-order valence-corrected chi connectivity index (χ3v) is 0.385. The zero-order valence-electron chi connectivity index (χ0n) is 3.75. The molecule has 1 unspecified atom stereocenters. The van der Waals surface area contributed by atoms with Crippen LogP contribution >= 0.6 is 0 Å². The van der Waals surface area contributed by atoms with Crippen molar-refractivity contribution in [2.45, 2.75) is 12.8 Å². The predicted molar refractivity (Wildman–Crippen MR) is 19.3 cm³/mol. The summed E-state index contributed by atoms with van der Waals surface area (Å²) in [7, 11) is 0. The summed E-state index contributed by atoms with van der Waals surface area (Å²) in [6.45, 7) is 1.02. The lowest BCUT2D eigenvalue weighted by atomic mass is 10.6. The molecule has 0 bridgehead atoms. The van der Waals surface area contributed by atoms with Crippen LogP contribution in [0.1, 0.15) is 6.92 Å². The average molecular weight is 109 g/mol. The highest BCUT2D eigenvalue weighted by atomic mass is 17.1. The van der Waals surface area contributed by atoms with Crippen molar-refractivity contribution in [1.82, 2.24) is 5.48 Å². The van der Waals surface area contributed by atoms with Crippen molar-refractivity contribution in [1.29, 1.82) is 0 Å². The van der Waals surface area contributed by atoms with Crippen molar-refractivity contribution in [2.75, 3.05) is 0 Å². The van der Waals surface area contributed by atoms with Gasteiger partial charge >= 0.3 is 0 Å². The molecule has 0 aliphatic heterocycles. The van der Waals surface area contributed by atoms with Crippen molar-refractivity contribution >= 4 is 0 Å². The van der Waals surface area contributed by atoms with Gasteiger partial charge in [0, 0.05) is 6.92 Å². The van der Waals surface area contributed by atoms with Gasteiger partial charge in [-0.2, -0.15) is 4.89 Å². The quantitative estimate of drug-likeness (QED) is 0.210. The summed E-state index contributed by atoms with van der Waals surface area (Å²) in [5.74, 6) is -2.06. The second kappa shape index (κ2) is 2.20. The van der Waals surface area contributed by atoms with E-state index in [4.69, 9.17) is 15.6 Å². The van der Waals surface area contributed by atoms with E-state index < -0.39 is 5.91 Å². The standard InChI is InChI=1S/C2H7NO4/c1-2(4,3-5)7-6/h3-6H,1H3. The van der Waals surface area contributed by atoms with Crippen LogP contribution in [0, 0.1) is 0 Å². The lowest BCUT2D eigenvalue weighted by Gasteiger charge is -2.14. The fourth-order valence-electron chi connectivity index (χ4n) is 0.0204. The Balaban J connectivity index is 3.36. The largest absolute Gasteiger partial charge is 0.350 e. The number of hydrogen-bond acceptors (Lipinski definition) is 5. The second-order valence-corrected chi connectivity index (χ2v) is 1.19. The van der Waals surface area contributed by atoms with Gasteiger partial charge in [0.2, 0.25) is 0 Å². The first kappa shape index (κ1) is 6.80. The Morgan fingerprint density at radius 1 is 1.71 bits per heavy atom. The molecular weight excluding hydrogens is 102 g/mol. The number of hydrogen-bond donors (Lipinski definition) is 4. The summed E-state index contributed by atoms with van der Waals surface area (Å²) in [6, 6.07) is 0. The molecule has 5 nitrogen and oxygen atoms in total. The van der Waals surface area contributed by atoms with Gasteiger partial charge in [0.1, 0.15) is 0 Å². The summed E-state index contributed by atoms with van der Waals surface area (Å²) in [6.07, 6.45) is 0. The number of nitrogens with one attached hydrogen (secondary N) is 1. The van der Waals surface area contributed by atoms with Crippen molar-refractivity contribution in [2.24, 2.45) is 0 Å². The summed E-state index contributed by atoms with van der Waals surface area (Å²) in [5.41, 5.74) is 1.27. The fourth-order valence-corrected chi connectivity index (χ4v) is 0.0204. The van der Waals surface area contributed by atoms with Gasteiger partial charge in [-0.25, -0.2) is 5.26 Å². The van der Waals surface area contributed by atoms with E-state index in [0.29, 0.717) is 0 Å². The molecule has 0 saturated carbocycles. The fraction of sp³-hybridized carbons (Fsp3) is 1.00. The van der Waals surface area contributed by atoms with Crippen LogP contribution in [0.15, 0.2) is 0 Å². The molecule has 1 atom stereocenters. The summed E-state index contributed by atoms with van der Waals surface area (Å²) < 4.78 is 0. The molecule has 44 valence electrons. The van der Waals surface area contributed by atoms with Gasteiger partial charge in [0.25, 0.3) is 5.91 Å². The molecule has 0 saturated heterocycles. The Kier molecular flexibility index (Phi) is 2.13. The van der Waals surface area contributed by atoms with Crippen molar-refractivity contribution < 1.29 is 20.5 Å². The SMILES string of the molecule is CC(O)(NO)OO.